The number of carbonyl (C=O) groups is 3. The zero-order valence-corrected chi connectivity index (χ0v) is 19.4. The molecule has 2 heterocycles. The van der Waals surface area contributed by atoms with Gasteiger partial charge in [0.1, 0.15) is 6.10 Å². The van der Waals surface area contributed by atoms with Crippen LogP contribution in [0, 0.1) is 11.8 Å². The summed E-state index contributed by atoms with van der Waals surface area (Å²) in [5.41, 5.74) is 0.485. The van der Waals surface area contributed by atoms with Gasteiger partial charge in [-0.3, -0.25) is 14.9 Å². The highest BCUT2D eigenvalue weighted by molar-refractivity contribution is 5.84. The summed E-state index contributed by atoms with van der Waals surface area (Å²) in [5.74, 6) is -2.12. The summed E-state index contributed by atoms with van der Waals surface area (Å²) in [6.45, 7) is 2.87. The number of carbonyl (C=O) groups excluding carboxylic acids is 3. The molecule has 0 spiro atoms. The molecule has 2 aliphatic rings. The van der Waals surface area contributed by atoms with Crippen molar-refractivity contribution >= 4 is 23.7 Å². The minimum absolute atomic E-state index is 0.408. The number of hydrogen-bond acceptors (Lipinski definition) is 9. The van der Waals surface area contributed by atoms with E-state index >= 15 is 0 Å². The Morgan fingerprint density at radius 1 is 1.03 bits per heavy atom. The number of ether oxygens (including phenoxy) is 5. The van der Waals surface area contributed by atoms with Gasteiger partial charge in [-0.05, 0) is 25.0 Å². The minimum Gasteiger partial charge on any atom is -0.455 e. The van der Waals surface area contributed by atoms with Crippen LogP contribution in [0.1, 0.15) is 26.7 Å². The molecule has 0 unspecified atom stereocenters. The van der Waals surface area contributed by atoms with Crippen molar-refractivity contribution in [2.75, 3.05) is 19.0 Å². The predicted octanol–water partition coefficient (Wildman–Crippen LogP) is 2.41. The highest BCUT2D eigenvalue weighted by Gasteiger charge is 2.53. The van der Waals surface area contributed by atoms with Crippen LogP contribution in [0.2, 0.25) is 0 Å². The second-order valence-electron chi connectivity index (χ2n) is 8.37. The van der Waals surface area contributed by atoms with Gasteiger partial charge in [0, 0.05) is 12.8 Å². The highest BCUT2D eigenvalue weighted by Crippen LogP contribution is 2.31. The summed E-state index contributed by atoms with van der Waals surface area (Å²) in [4.78, 5) is 38.2. The fourth-order valence-electron chi connectivity index (χ4n) is 3.70. The lowest BCUT2D eigenvalue weighted by atomic mass is 9.97. The number of aliphatic hydroxyl groups is 1. The maximum absolute atomic E-state index is 12.8. The molecule has 0 saturated carbocycles. The molecule has 0 radical (unpaired) electrons. The number of benzene rings is 1. The van der Waals surface area contributed by atoms with Gasteiger partial charge in [-0.15, -0.1) is 0 Å². The Hall–Kier alpha value is -2.95. The molecule has 0 aliphatic carbocycles. The number of aliphatic hydroxyl groups excluding tert-OH is 1. The molecule has 34 heavy (non-hydrogen) atoms. The Kier molecular flexibility index (Phi) is 9.03. The monoisotopic (exact) mass is 477 g/mol. The first-order valence-electron chi connectivity index (χ1n) is 11.2. The highest BCUT2D eigenvalue weighted by atomic mass is 16.7. The van der Waals surface area contributed by atoms with E-state index in [1.165, 1.54) is 7.11 Å². The third-order valence-corrected chi connectivity index (χ3v) is 5.72. The Labute approximate surface area is 198 Å². The van der Waals surface area contributed by atoms with Crippen molar-refractivity contribution in [2.45, 2.75) is 57.4 Å². The van der Waals surface area contributed by atoms with E-state index < -0.39 is 67.2 Å². The van der Waals surface area contributed by atoms with Gasteiger partial charge in [0.25, 0.3) is 0 Å². The lowest BCUT2D eigenvalue weighted by molar-refractivity contribution is -0.299. The topological polar surface area (TPSA) is 130 Å². The zero-order chi connectivity index (χ0) is 24.7. The maximum Gasteiger partial charge on any atom is 0.412 e. The van der Waals surface area contributed by atoms with Crippen LogP contribution in [-0.4, -0.2) is 67.6 Å². The largest absolute Gasteiger partial charge is 0.455 e. The van der Waals surface area contributed by atoms with E-state index in [0.29, 0.717) is 18.5 Å². The Morgan fingerprint density at radius 3 is 2.18 bits per heavy atom. The number of methoxy groups -OCH3 is 1. The van der Waals surface area contributed by atoms with Crippen molar-refractivity contribution in [3.63, 3.8) is 0 Å². The van der Waals surface area contributed by atoms with Gasteiger partial charge < -0.3 is 28.8 Å². The van der Waals surface area contributed by atoms with Gasteiger partial charge in [0.2, 0.25) is 0 Å². The summed E-state index contributed by atoms with van der Waals surface area (Å²) in [6, 6.07) is 8.62. The van der Waals surface area contributed by atoms with E-state index in [1.54, 1.807) is 44.2 Å². The molecule has 1 fully saturated rings. The molecule has 1 aromatic rings. The van der Waals surface area contributed by atoms with Crippen molar-refractivity contribution in [2.24, 2.45) is 11.8 Å². The molecule has 7 atom stereocenters. The fourth-order valence-corrected chi connectivity index (χ4v) is 3.70. The Morgan fingerprint density at radius 2 is 1.62 bits per heavy atom. The molecule has 0 aromatic heterocycles. The molecule has 1 amide bonds. The normalized spacial score (nSPS) is 33.2. The quantitative estimate of drug-likeness (QED) is 0.381. The van der Waals surface area contributed by atoms with E-state index in [2.05, 4.69) is 5.32 Å². The summed E-state index contributed by atoms with van der Waals surface area (Å²) in [5, 5.41) is 12.5. The van der Waals surface area contributed by atoms with E-state index in [4.69, 9.17) is 23.7 Å². The van der Waals surface area contributed by atoms with Gasteiger partial charge in [0.15, 0.2) is 24.6 Å². The van der Waals surface area contributed by atoms with Crippen LogP contribution >= 0.6 is 0 Å². The molecular formula is C24H31NO9. The SMILES string of the molecule is CO[C@H]1O[C@H](CO)[C@H]2OC(=O)[C@H](C)C/C=C/C[C@@H](C)C(=O)O[C@@H]2[C@@H]1OC(=O)Nc1ccccc1. The van der Waals surface area contributed by atoms with Gasteiger partial charge in [-0.25, -0.2) is 4.79 Å². The van der Waals surface area contributed by atoms with Crippen molar-refractivity contribution in [1.29, 1.82) is 0 Å². The first-order valence-corrected chi connectivity index (χ1v) is 11.2. The first-order chi connectivity index (χ1) is 16.3. The molecule has 1 aromatic carbocycles. The van der Waals surface area contributed by atoms with Crippen molar-refractivity contribution in [3.05, 3.63) is 42.5 Å². The van der Waals surface area contributed by atoms with Crippen LogP contribution < -0.4 is 5.32 Å². The van der Waals surface area contributed by atoms with Crippen LogP contribution in [0.15, 0.2) is 42.5 Å². The molecular weight excluding hydrogens is 446 g/mol. The summed E-state index contributed by atoms with van der Waals surface area (Å²) < 4.78 is 28.0. The number of rotatable bonds is 4. The number of anilines is 1. The summed E-state index contributed by atoms with van der Waals surface area (Å²) in [6.07, 6.45) is -2.41. The third kappa shape index (κ3) is 6.34. The molecule has 10 nitrogen and oxygen atoms in total. The molecule has 1 saturated heterocycles. The van der Waals surface area contributed by atoms with Crippen molar-refractivity contribution < 1.29 is 43.2 Å². The van der Waals surface area contributed by atoms with Crippen LogP contribution in [0.25, 0.3) is 0 Å². The first kappa shape index (κ1) is 25.7. The van der Waals surface area contributed by atoms with E-state index in [1.807, 2.05) is 12.2 Å². The smallest absolute Gasteiger partial charge is 0.412 e. The Bertz CT molecular complexity index is 874. The lowest BCUT2D eigenvalue weighted by Gasteiger charge is -2.44. The second-order valence-corrected chi connectivity index (χ2v) is 8.37. The third-order valence-electron chi connectivity index (χ3n) is 5.72. The maximum atomic E-state index is 12.8. The average molecular weight is 478 g/mol. The lowest BCUT2D eigenvalue weighted by Crippen LogP contribution is -2.63. The number of amides is 1. The van der Waals surface area contributed by atoms with Crippen molar-refractivity contribution in [3.8, 4) is 0 Å². The molecule has 2 aliphatic heterocycles. The number of nitrogens with one attached hydrogen (secondary N) is 1. The minimum atomic E-state index is -1.28. The van der Waals surface area contributed by atoms with Crippen LogP contribution in [0.3, 0.4) is 0 Å². The van der Waals surface area contributed by atoms with E-state index in [0.717, 1.165) is 0 Å². The summed E-state index contributed by atoms with van der Waals surface area (Å²) in [7, 11) is 1.32. The van der Waals surface area contributed by atoms with Crippen LogP contribution in [0.5, 0.6) is 0 Å². The standard InChI is InChI=1S/C24H31NO9/c1-14-9-7-8-10-15(2)22(28)33-19-18(32-21(14)27)17(13-26)31-23(30-3)20(19)34-24(29)25-16-11-5-4-6-12-16/h4-8,11-12,14-15,17-20,23,26H,9-10,13H2,1-3H3,(H,25,29)/b8-7+/t14-,15-,17-,18-,19+,20+,23+/m1/s1. The average Bonchev–Trinajstić information content (AvgIpc) is 2.83. The Balaban J connectivity index is 1.92. The van der Waals surface area contributed by atoms with Crippen LogP contribution in [-0.2, 0) is 33.3 Å². The molecule has 186 valence electrons. The number of para-hydroxylation sites is 1. The summed E-state index contributed by atoms with van der Waals surface area (Å²) >= 11 is 0. The van der Waals surface area contributed by atoms with Gasteiger partial charge in [0.05, 0.1) is 18.4 Å². The second kappa shape index (κ2) is 12.0. The van der Waals surface area contributed by atoms with Gasteiger partial charge in [-0.1, -0.05) is 44.2 Å². The van der Waals surface area contributed by atoms with E-state index in [9.17, 15) is 19.5 Å². The number of allylic oxidation sites excluding steroid dienone is 2. The molecule has 10 heteroatoms. The molecule has 0 bridgehead atoms. The van der Waals surface area contributed by atoms with E-state index in [-0.39, 0.29) is 0 Å². The predicted molar refractivity (Wildman–Crippen MR) is 120 cm³/mol. The fraction of sp³-hybridized carbons (Fsp3) is 0.542. The number of fused-ring (bicyclic) bond motifs is 1. The molecule has 2 N–H and O–H groups in total. The number of hydrogen-bond donors (Lipinski definition) is 2. The van der Waals surface area contributed by atoms with Crippen molar-refractivity contribution in [1.82, 2.24) is 0 Å². The zero-order valence-electron chi connectivity index (χ0n) is 19.4. The van der Waals surface area contributed by atoms with Crippen LogP contribution in [0.4, 0.5) is 10.5 Å². The van der Waals surface area contributed by atoms with Gasteiger partial charge >= 0.3 is 18.0 Å². The van der Waals surface area contributed by atoms with Gasteiger partial charge in [-0.2, -0.15) is 0 Å². The molecule has 3 rings (SSSR count). The number of esters is 2.